The highest BCUT2D eigenvalue weighted by atomic mass is 79.9. The van der Waals surface area contributed by atoms with E-state index in [0.29, 0.717) is 22.7 Å². The van der Waals surface area contributed by atoms with Crippen molar-refractivity contribution in [2.75, 3.05) is 13.2 Å². The predicted octanol–water partition coefficient (Wildman–Crippen LogP) is 3.76. The fourth-order valence-corrected chi connectivity index (χ4v) is 2.05. The van der Waals surface area contributed by atoms with Gasteiger partial charge in [0.25, 0.3) is 5.69 Å². The predicted molar refractivity (Wildman–Crippen MR) is 83.2 cm³/mol. The Morgan fingerprint density at radius 2 is 2.10 bits per heavy atom. The summed E-state index contributed by atoms with van der Waals surface area (Å²) < 4.78 is 6.05. The summed E-state index contributed by atoms with van der Waals surface area (Å²) >= 11 is 3.22. The summed E-state index contributed by atoms with van der Waals surface area (Å²) in [7, 11) is 0. The van der Waals surface area contributed by atoms with Crippen LogP contribution < -0.4 is 10.1 Å². The third-order valence-electron chi connectivity index (χ3n) is 2.64. The smallest absolute Gasteiger partial charge is 0.287 e. The van der Waals surface area contributed by atoms with Gasteiger partial charge in [-0.1, -0.05) is 13.0 Å². The zero-order chi connectivity index (χ0) is 15.3. The maximum atomic E-state index is 10.8. The average molecular weight is 345 g/mol. The first-order chi connectivity index (χ1) is 9.20. The molecule has 0 heterocycles. The minimum absolute atomic E-state index is 0.0166. The van der Waals surface area contributed by atoms with Crippen molar-refractivity contribution in [1.82, 2.24) is 5.32 Å². The Hall–Kier alpha value is -1.14. The molecule has 1 atom stereocenters. The largest absolute Gasteiger partial charge is 0.492 e. The maximum absolute atomic E-state index is 10.8. The summed E-state index contributed by atoms with van der Waals surface area (Å²) in [5, 5.41) is 14.2. The van der Waals surface area contributed by atoms with E-state index in [9.17, 15) is 10.1 Å². The molecule has 0 amide bonds. The number of hydrogen-bond acceptors (Lipinski definition) is 4. The average Bonchev–Trinajstić information content (AvgIpc) is 2.34. The van der Waals surface area contributed by atoms with Gasteiger partial charge >= 0.3 is 0 Å². The number of nitro groups is 1. The Morgan fingerprint density at radius 1 is 1.45 bits per heavy atom. The Morgan fingerprint density at radius 3 is 2.65 bits per heavy atom. The zero-order valence-electron chi connectivity index (χ0n) is 12.3. The van der Waals surface area contributed by atoms with Gasteiger partial charge in [0.05, 0.1) is 11.5 Å². The second-order valence-electron chi connectivity index (χ2n) is 5.89. The van der Waals surface area contributed by atoms with Crippen molar-refractivity contribution in [2.45, 2.75) is 33.2 Å². The van der Waals surface area contributed by atoms with Crippen molar-refractivity contribution in [2.24, 2.45) is 5.92 Å². The first-order valence-corrected chi connectivity index (χ1v) is 7.30. The lowest BCUT2D eigenvalue weighted by molar-refractivity contribution is -0.385. The third kappa shape index (κ3) is 5.46. The molecule has 0 aliphatic rings. The number of hydrogen-bond donors (Lipinski definition) is 1. The van der Waals surface area contributed by atoms with Crippen LogP contribution in [0.1, 0.15) is 27.7 Å². The highest BCUT2D eigenvalue weighted by Gasteiger charge is 2.17. The summed E-state index contributed by atoms with van der Waals surface area (Å²) in [6, 6.07) is 4.79. The highest BCUT2D eigenvalue weighted by Crippen LogP contribution is 2.33. The van der Waals surface area contributed by atoms with E-state index in [1.165, 1.54) is 6.07 Å². The van der Waals surface area contributed by atoms with Crippen molar-refractivity contribution in [3.63, 3.8) is 0 Å². The molecule has 1 unspecified atom stereocenters. The van der Waals surface area contributed by atoms with Crippen LogP contribution in [0.25, 0.3) is 0 Å². The Bertz CT molecular complexity index is 472. The molecule has 1 aromatic rings. The second kappa shape index (κ2) is 7.04. The molecule has 1 N–H and O–H groups in total. The molecular weight excluding hydrogens is 324 g/mol. The molecule has 0 aliphatic heterocycles. The molecule has 0 radical (unpaired) electrons. The Kier molecular flexibility index (Phi) is 5.95. The van der Waals surface area contributed by atoms with Crippen LogP contribution in [0, 0.1) is 16.0 Å². The fraction of sp³-hybridized carbons (Fsp3) is 0.571. The van der Waals surface area contributed by atoms with Gasteiger partial charge in [-0.2, -0.15) is 0 Å². The molecule has 0 aromatic heterocycles. The summed E-state index contributed by atoms with van der Waals surface area (Å²) in [5.74, 6) is 0.808. The second-order valence-corrected chi connectivity index (χ2v) is 6.69. The normalized spacial score (nSPS) is 13.1. The van der Waals surface area contributed by atoms with Crippen LogP contribution in [-0.2, 0) is 0 Å². The van der Waals surface area contributed by atoms with E-state index in [-0.39, 0.29) is 11.2 Å². The van der Waals surface area contributed by atoms with Crippen molar-refractivity contribution in [1.29, 1.82) is 0 Å². The van der Waals surface area contributed by atoms with Crippen LogP contribution in [0.3, 0.4) is 0 Å². The molecule has 1 rings (SSSR count). The molecule has 0 fully saturated rings. The number of nitrogens with zero attached hydrogens (tertiary/aromatic N) is 1. The van der Waals surface area contributed by atoms with E-state index >= 15 is 0 Å². The summed E-state index contributed by atoms with van der Waals surface area (Å²) in [4.78, 5) is 10.4. The summed E-state index contributed by atoms with van der Waals surface area (Å²) in [6.07, 6.45) is 0. The van der Waals surface area contributed by atoms with Crippen LogP contribution in [-0.4, -0.2) is 23.6 Å². The fourth-order valence-electron chi connectivity index (χ4n) is 1.52. The number of benzene rings is 1. The molecule has 5 nitrogen and oxygen atoms in total. The lowest BCUT2D eigenvalue weighted by atomic mass is 10.1. The lowest BCUT2D eigenvalue weighted by Crippen LogP contribution is -2.39. The minimum Gasteiger partial charge on any atom is -0.492 e. The number of ether oxygens (including phenoxy) is 1. The molecule has 20 heavy (non-hydrogen) atoms. The van der Waals surface area contributed by atoms with Gasteiger partial charge in [0, 0.05) is 24.1 Å². The van der Waals surface area contributed by atoms with Crippen molar-refractivity contribution >= 4 is 21.6 Å². The van der Waals surface area contributed by atoms with Gasteiger partial charge < -0.3 is 10.1 Å². The topological polar surface area (TPSA) is 64.4 Å². The number of nitrogens with one attached hydrogen (secondary N) is 1. The van der Waals surface area contributed by atoms with E-state index in [1.54, 1.807) is 12.1 Å². The van der Waals surface area contributed by atoms with Crippen LogP contribution in [0.5, 0.6) is 5.75 Å². The van der Waals surface area contributed by atoms with Crippen molar-refractivity contribution in [3.05, 3.63) is 32.8 Å². The zero-order valence-corrected chi connectivity index (χ0v) is 13.9. The van der Waals surface area contributed by atoms with Crippen LogP contribution in [0.2, 0.25) is 0 Å². The third-order valence-corrected chi connectivity index (χ3v) is 3.44. The van der Waals surface area contributed by atoms with Gasteiger partial charge in [0.1, 0.15) is 10.2 Å². The molecule has 1 aromatic carbocycles. The van der Waals surface area contributed by atoms with E-state index < -0.39 is 4.92 Å². The van der Waals surface area contributed by atoms with Gasteiger partial charge in [-0.3, -0.25) is 10.1 Å². The van der Waals surface area contributed by atoms with E-state index in [4.69, 9.17) is 4.74 Å². The number of rotatable bonds is 6. The lowest BCUT2D eigenvalue weighted by Gasteiger charge is -2.23. The van der Waals surface area contributed by atoms with Gasteiger partial charge in [-0.25, -0.2) is 0 Å². The monoisotopic (exact) mass is 344 g/mol. The molecule has 0 bridgehead atoms. The first-order valence-electron chi connectivity index (χ1n) is 6.51. The summed E-state index contributed by atoms with van der Waals surface area (Å²) in [5.41, 5.74) is 0.0865. The molecule has 0 saturated heterocycles. The summed E-state index contributed by atoms with van der Waals surface area (Å²) in [6.45, 7) is 9.73. The number of halogens is 1. The van der Waals surface area contributed by atoms with Gasteiger partial charge in [-0.15, -0.1) is 0 Å². The Balaban J connectivity index is 2.58. The van der Waals surface area contributed by atoms with Crippen molar-refractivity contribution < 1.29 is 9.66 Å². The molecule has 0 aliphatic carbocycles. The van der Waals surface area contributed by atoms with Crippen molar-refractivity contribution in [3.8, 4) is 5.75 Å². The molecule has 6 heteroatoms. The van der Waals surface area contributed by atoms with Crippen LogP contribution in [0.4, 0.5) is 5.69 Å². The first kappa shape index (κ1) is 16.9. The Labute approximate surface area is 128 Å². The van der Waals surface area contributed by atoms with Crippen LogP contribution in [0.15, 0.2) is 22.7 Å². The highest BCUT2D eigenvalue weighted by molar-refractivity contribution is 9.10. The van der Waals surface area contributed by atoms with Gasteiger partial charge in [-0.05, 0) is 42.8 Å². The van der Waals surface area contributed by atoms with E-state index in [2.05, 4.69) is 48.9 Å². The molecule has 0 saturated carbocycles. The van der Waals surface area contributed by atoms with E-state index in [0.717, 1.165) is 6.54 Å². The SMILES string of the molecule is CC(CNC(C)(C)C)COc1cccc([N+](=O)[O-])c1Br. The quantitative estimate of drug-likeness (QED) is 0.630. The van der Waals surface area contributed by atoms with E-state index in [1.807, 2.05) is 0 Å². The minimum atomic E-state index is -0.429. The van der Waals surface area contributed by atoms with Crippen LogP contribution >= 0.6 is 15.9 Å². The van der Waals surface area contributed by atoms with Gasteiger partial charge in [0.2, 0.25) is 0 Å². The molecule has 112 valence electrons. The van der Waals surface area contributed by atoms with Gasteiger partial charge in [0.15, 0.2) is 0 Å². The maximum Gasteiger partial charge on any atom is 0.287 e. The molecular formula is C14H21BrN2O3. The molecule has 0 spiro atoms. The standard InChI is InChI=1S/C14H21BrN2O3/c1-10(8-16-14(2,3)4)9-20-12-7-5-6-11(13(12)15)17(18)19/h5-7,10,16H,8-9H2,1-4H3. The number of nitro benzene ring substituents is 1.